The first kappa shape index (κ1) is 13.1. The highest BCUT2D eigenvalue weighted by molar-refractivity contribution is 6.40. The highest BCUT2D eigenvalue weighted by Gasteiger charge is 2.22. The zero-order chi connectivity index (χ0) is 13.0. The number of nitrogens with zero attached hydrogens (tertiary/aromatic N) is 1. The highest BCUT2D eigenvalue weighted by Crippen LogP contribution is 2.10. The molecule has 0 spiro atoms. The fourth-order valence-corrected chi connectivity index (χ4v) is 1.34. The molecule has 0 radical (unpaired) electrons. The van der Waals surface area contributed by atoms with Crippen LogP contribution in [0.2, 0.25) is 0 Å². The van der Waals surface area contributed by atoms with Crippen molar-refractivity contribution in [3.05, 3.63) is 11.8 Å². The van der Waals surface area contributed by atoms with E-state index < -0.39 is 11.8 Å². The lowest BCUT2D eigenvalue weighted by Gasteiger charge is -2.05. The van der Waals surface area contributed by atoms with Crippen molar-refractivity contribution in [2.45, 2.75) is 26.7 Å². The Morgan fingerprint density at radius 1 is 1.47 bits per heavy atom. The number of Topliss-reactive ketones (excluding diaryl/α,β-unsaturated/α-hetero) is 1. The molecule has 0 aromatic carbocycles. The summed E-state index contributed by atoms with van der Waals surface area (Å²) < 4.78 is 0. The normalized spacial score (nSPS) is 14.3. The van der Waals surface area contributed by atoms with Gasteiger partial charge in [0.1, 0.15) is 11.5 Å². The summed E-state index contributed by atoms with van der Waals surface area (Å²) in [5.41, 5.74) is -0.127. The lowest BCUT2D eigenvalue weighted by Crippen LogP contribution is -2.30. The molecular formula is C11H14N2O4. The Kier molecular flexibility index (Phi) is 4.14. The van der Waals surface area contributed by atoms with E-state index in [1.54, 1.807) is 0 Å². The molecular weight excluding hydrogens is 224 g/mol. The predicted molar refractivity (Wildman–Crippen MR) is 60.4 cm³/mol. The van der Waals surface area contributed by atoms with E-state index in [2.05, 4.69) is 10.3 Å². The van der Waals surface area contributed by atoms with E-state index in [1.807, 2.05) is 13.8 Å². The standard InChI is InChI=1S/C11H14N2O4/c1-6(2)5-9(14)13-8-4-3-7(12-8)10(15)11(16)17/h3,6H,4-5H2,1-2H3,(H,16,17)(H,12,13,14). The van der Waals surface area contributed by atoms with E-state index in [4.69, 9.17) is 5.11 Å². The lowest BCUT2D eigenvalue weighted by molar-refractivity contribution is -0.147. The van der Waals surface area contributed by atoms with Gasteiger partial charge in [-0.3, -0.25) is 9.59 Å². The van der Waals surface area contributed by atoms with Gasteiger partial charge in [-0.15, -0.1) is 0 Å². The van der Waals surface area contributed by atoms with E-state index in [0.717, 1.165) is 0 Å². The molecule has 0 atom stereocenters. The van der Waals surface area contributed by atoms with Crippen molar-refractivity contribution in [3.8, 4) is 0 Å². The first-order valence-corrected chi connectivity index (χ1v) is 5.25. The molecule has 0 saturated carbocycles. The molecule has 1 amide bonds. The summed E-state index contributed by atoms with van der Waals surface area (Å²) in [6, 6.07) is 0. The summed E-state index contributed by atoms with van der Waals surface area (Å²) in [4.78, 5) is 36.7. The summed E-state index contributed by atoms with van der Waals surface area (Å²) in [5.74, 6) is -2.24. The second-order valence-electron chi connectivity index (χ2n) is 4.13. The van der Waals surface area contributed by atoms with Crippen LogP contribution in [-0.4, -0.2) is 28.6 Å². The molecule has 0 aromatic rings. The molecule has 1 rings (SSSR count). The molecule has 0 saturated heterocycles. The van der Waals surface area contributed by atoms with E-state index in [9.17, 15) is 14.4 Å². The van der Waals surface area contributed by atoms with Crippen molar-refractivity contribution in [1.29, 1.82) is 0 Å². The third-order valence-corrected chi connectivity index (χ3v) is 2.05. The fourth-order valence-electron chi connectivity index (χ4n) is 1.34. The molecule has 6 nitrogen and oxygen atoms in total. The van der Waals surface area contributed by atoms with Crippen LogP contribution in [0.3, 0.4) is 0 Å². The number of amides is 1. The Labute approximate surface area is 98.4 Å². The van der Waals surface area contributed by atoms with Crippen LogP contribution in [-0.2, 0) is 14.4 Å². The van der Waals surface area contributed by atoms with Gasteiger partial charge >= 0.3 is 5.97 Å². The molecule has 0 unspecified atom stereocenters. The molecule has 6 heteroatoms. The van der Waals surface area contributed by atoms with Crippen LogP contribution in [0.15, 0.2) is 16.8 Å². The van der Waals surface area contributed by atoms with Gasteiger partial charge in [-0.1, -0.05) is 13.8 Å². The monoisotopic (exact) mass is 238 g/mol. The number of rotatable bonds is 4. The molecule has 0 aromatic heterocycles. The van der Waals surface area contributed by atoms with E-state index in [1.165, 1.54) is 6.08 Å². The second-order valence-corrected chi connectivity index (χ2v) is 4.13. The van der Waals surface area contributed by atoms with Crippen LogP contribution in [0.1, 0.15) is 26.7 Å². The summed E-state index contributed by atoms with van der Waals surface area (Å²) >= 11 is 0. The molecule has 1 aliphatic heterocycles. The van der Waals surface area contributed by atoms with Gasteiger partial charge < -0.3 is 10.4 Å². The molecule has 17 heavy (non-hydrogen) atoms. The summed E-state index contributed by atoms with van der Waals surface area (Å²) in [6.45, 7) is 3.82. The van der Waals surface area contributed by atoms with Crippen LogP contribution in [0.5, 0.6) is 0 Å². The Bertz CT molecular complexity index is 421. The minimum Gasteiger partial charge on any atom is -0.475 e. The summed E-state index contributed by atoms with van der Waals surface area (Å²) in [6.07, 6.45) is 2.03. The zero-order valence-corrected chi connectivity index (χ0v) is 9.69. The van der Waals surface area contributed by atoms with Crippen LogP contribution >= 0.6 is 0 Å². The number of hydrogen-bond donors (Lipinski definition) is 2. The number of hydrogen-bond acceptors (Lipinski definition) is 4. The minimum atomic E-state index is -1.55. The van der Waals surface area contributed by atoms with Crippen LogP contribution in [0, 0.1) is 5.92 Å². The number of aliphatic imine (C=N–C) groups is 1. The van der Waals surface area contributed by atoms with Gasteiger partial charge in [-0.05, 0) is 12.0 Å². The maximum atomic E-state index is 11.4. The zero-order valence-electron chi connectivity index (χ0n) is 9.69. The van der Waals surface area contributed by atoms with Gasteiger partial charge in [0.15, 0.2) is 0 Å². The van der Waals surface area contributed by atoms with Crippen molar-refractivity contribution in [3.63, 3.8) is 0 Å². The quantitative estimate of drug-likeness (QED) is 0.696. The van der Waals surface area contributed by atoms with E-state index in [0.29, 0.717) is 12.3 Å². The van der Waals surface area contributed by atoms with Crippen molar-refractivity contribution in [2.75, 3.05) is 0 Å². The van der Waals surface area contributed by atoms with Crippen molar-refractivity contribution >= 4 is 23.5 Å². The molecule has 1 aliphatic rings. The topological polar surface area (TPSA) is 95.8 Å². The van der Waals surface area contributed by atoms with Gasteiger partial charge in [-0.2, -0.15) is 0 Å². The SMILES string of the molecule is CC(C)CC(=O)NC1=NC(C(=O)C(=O)O)=CC1. The van der Waals surface area contributed by atoms with Gasteiger partial charge in [0, 0.05) is 12.8 Å². The second kappa shape index (κ2) is 5.38. The van der Waals surface area contributed by atoms with Gasteiger partial charge in [0.05, 0.1) is 0 Å². The number of carboxylic acid groups (broad SMARTS) is 1. The maximum absolute atomic E-state index is 11.4. The average molecular weight is 238 g/mol. The summed E-state index contributed by atoms with van der Waals surface area (Å²) in [7, 11) is 0. The van der Waals surface area contributed by atoms with E-state index >= 15 is 0 Å². The highest BCUT2D eigenvalue weighted by atomic mass is 16.4. The first-order valence-electron chi connectivity index (χ1n) is 5.25. The van der Waals surface area contributed by atoms with Crippen molar-refractivity contribution in [2.24, 2.45) is 10.9 Å². The minimum absolute atomic E-state index is 0.127. The molecule has 1 heterocycles. The van der Waals surface area contributed by atoms with Crippen molar-refractivity contribution in [1.82, 2.24) is 5.32 Å². The van der Waals surface area contributed by atoms with E-state index in [-0.39, 0.29) is 23.9 Å². The Morgan fingerprint density at radius 3 is 2.65 bits per heavy atom. The van der Waals surface area contributed by atoms with Crippen LogP contribution < -0.4 is 5.32 Å². The Hall–Kier alpha value is -1.98. The maximum Gasteiger partial charge on any atom is 0.378 e. The number of amidine groups is 1. The molecule has 0 fully saturated rings. The molecule has 92 valence electrons. The van der Waals surface area contributed by atoms with Crippen LogP contribution in [0.4, 0.5) is 0 Å². The van der Waals surface area contributed by atoms with Gasteiger partial charge in [0.2, 0.25) is 5.91 Å². The number of ketones is 1. The predicted octanol–water partition coefficient (Wildman–Crippen LogP) is 0.488. The summed E-state index contributed by atoms with van der Waals surface area (Å²) in [5, 5.41) is 11.0. The smallest absolute Gasteiger partial charge is 0.378 e. The first-order chi connectivity index (χ1) is 7.90. The third-order valence-electron chi connectivity index (χ3n) is 2.05. The lowest BCUT2D eigenvalue weighted by atomic mass is 10.1. The molecule has 2 N–H and O–H groups in total. The number of carboxylic acids is 1. The Morgan fingerprint density at radius 2 is 2.12 bits per heavy atom. The number of aliphatic carboxylic acids is 1. The van der Waals surface area contributed by atoms with Crippen LogP contribution in [0.25, 0.3) is 0 Å². The number of carbonyl (C=O) groups is 3. The van der Waals surface area contributed by atoms with Gasteiger partial charge in [-0.25, -0.2) is 9.79 Å². The number of carbonyl (C=O) groups excluding carboxylic acids is 2. The fraction of sp³-hybridized carbons (Fsp3) is 0.455. The number of nitrogens with one attached hydrogen (secondary N) is 1. The molecule has 0 aliphatic carbocycles. The van der Waals surface area contributed by atoms with Crippen molar-refractivity contribution < 1.29 is 19.5 Å². The Balaban J connectivity index is 2.56. The molecule has 0 bridgehead atoms. The average Bonchev–Trinajstić information content (AvgIpc) is 2.63. The largest absolute Gasteiger partial charge is 0.475 e. The van der Waals surface area contributed by atoms with Gasteiger partial charge in [0.25, 0.3) is 5.78 Å². The third kappa shape index (κ3) is 3.82.